The number of rotatable bonds is 7. The Bertz CT molecular complexity index is 416. The summed E-state index contributed by atoms with van der Waals surface area (Å²) in [6, 6.07) is -1.26. The van der Waals surface area contributed by atoms with Crippen molar-refractivity contribution in [2.45, 2.75) is 71.1 Å². The fourth-order valence-corrected chi connectivity index (χ4v) is 2.69. The Kier molecular flexibility index (Phi) is 6.80. The Morgan fingerprint density at radius 3 is 2.18 bits per heavy atom. The Hall–Kier alpha value is -1.63. The van der Waals surface area contributed by atoms with Crippen LogP contribution in [0.1, 0.15) is 58.8 Å². The minimum Gasteiger partial charge on any atom is -0.481 e. The van der Waals surface area contributed by atoms with E-state index in [0.29, 0.717) is 12.8 Å². The normalized spacial score (nSPS) is 19.8. The van der Waals surface area contributed by atoms with Gasteiger partial charge in [-0.05, 0) is 12.8 Å². The zero-order valence-electron chi connectivity index (χ0n) is 13.2. The molecular formula is C15H25NO6. The van der Waals surface area contributed by atoms with Crippen LogP contribution in [0.3, 0.4) is 0 Å². The van der Waals surface area contributed by atoms with Crippen molar-refractivity contribution in [1.29, 1.82) is 0 Å². The van der Waals surface area contributed by atoms with Gasteiger partial charge < -0.3 is 20.3 Å². The molecule has 0 heterocycles. The van der Waals surface area contributed by atoms with Crippen LogP contribution in [-0.4, -0.2) is 35.3 Å². The molecule has 1 aliphatic carbocycles. The molecule has 0 aromatic heterocycles. The van der Waals surface area contributed by atoms with E-state index in [1.165, 1.54) is 0 Å². The molecule has 1 saturated carbocycles. The molecule has 1 rings (SSSR count). The summed E-state index contributed by atoms with van der Waals surface area (Å²) in [7, 11) is 0. The second-order valence-corrected chi connectivity index (χ2v) is 5.62. The van der Waals surface area contributed by atoms with Crippen LogP contribution in [0.2, 0.25) is 0 Å². The lowest BCUT2D eigenvalue weighted by Gasteiger charge is -2.37. The van der Waals surface area contributed by atoms with Gasteiger partial charge in [-0.3, -0.25) is 14.4 Å². The molecule has 0 saturated heterocycles. The standard InChI is InChI=1S/C15H25NO6/c1-3-10(17)21-11(4-2)22-13(18)12(16)15(14(19)20)8-6-5-7-9-15/h11-12H,3-9,16H2,1-2H3,(H,19,20). The summed E-state index contributed by atoms with van der Waals surface area (Å²) in [6.07, 6.45) is 2.49. The van der Waals surface area contributed by atoms with Crippen molar-refractivity contribution >= 4 is 17.9 Å². The Morgan fingerprint density at radius 2 is 1.73 bits per heavy atom. The number of nitrogens with two attached hydrogens (primary N) is 1. The Balaban J connectivity index is 2.76. The minimum atomic E-state index is -1.29. The fourth-order valence-electron chi connectivity index (χ4n) is 2.69. The van der Waals surface area contributed by atoms with Gasteiger partial charge in [0.2, 0.25) is 6.29 Å². The molecule has 0 amide bonds. The molecule has 22 heavy (non-hydrogen) atoms. The Morgan fingerprint density at radius 1 is 1.14 bits per heavy atom. The van der Waals surface area contributed by atoms with Crippen LogP contribution in [0.25, 0.3) is 0 Å². The van der Waals surface area contributed by atoms with E-state index >= 15 is 0 Å². The van der Waals surface area contributed by atoms with Crippen LogP contribution >= 0.6 is 0 Å². The minimum absolute atomic E-state index is 0.166. The molecule has 2 atom stereocenters. The number of aliphatic carboxylic acids is 1. The number of hydrogen-bond donors (Lipinski definition) is 2. The predicted molar refractivity (Wildman–Crippen MR) is 77.7 cm³/mol. The van der Waals surface area contributed by atoms with E-state index in [1.807, 2.05) is 0 Å². The van der Waals surface area contributed by atoms with Gasteiger partial charge in [-0.2, -0.15) is 0 Å². The first-order chi connectivity index (χ1) is 10.4. The van der Waals surface area contributed by atoms with Gasteiger partial charge in [0.1, 0.15) is 6.04 Å². The summed E-state index contributed by atoms with van der Waals surface area (Å²) in [5.41, 5.74) is 4.61. The van der Waals surface area contributed by atoms with Crippen LogP contribution in [0.4, 0.5) is 0 Å². The lowest BCUT2D eigenvalue weighted by molar-refractivity contribution is -0.193. The van der Waals surface area contributed by atoms with Crippen molar-refractivity contribution in [3.05, 3.63) is 0 Å². The summed E-state index contributed by atoms with van der Waals surface area (Å²) < 4.78 is 10.1. The van der Waals surface area contributed by atoms with E-state index in [9.17, 15) is 19.5 Å². The molecule has 1 aliphatic rings. The number of hydrogen-bond acceptors (Lipinski definition) is 6. The molecule has 2 unspecified atom stereocenters. The number of carboxylic acid groups (broad SMARTS) is 1. The van der Waals surface area contributed by atoms with Crippen LogP contribution < -0.4 is 5.73 Å². The van der Waals surface area contributed by atoms with Crippen molar-refractivity contribution < 1.29 is 29.0 Å². The third-order valence-electron chi connectivity index (χ3n) is 4.15. The molecule has 7 nitrogen and oxygen atoms in total. The highest BCUT2D eigenvalue weighted by molar-refractivity contribution is 5.87. The number of carboxylic acids is 1. The average molecular weight is 315 g/mol. The second kappa shape index (κ2) is 8.12. The molecule has 0 aromatic rings. The topological polar surface area (TPSA) is 116 Å². The van der Waals surface area contributed by atoms with E-state index in [0.717, 1.165) is 19.3 Å². The molecule has 0 aromatic carbocycles. The fraction of sp³-hybridized carbons (Fsp3) is 0.800. The van der Waals surface area contributed by atoms with Crippen molar-refractivity contribution in [2.75, 3.05) is 0 Å². The van der Waals surface area contributed by atoms with E-state index in [2.05, 4.69) is 0 Å². The summed E-state index contributed by atoms with van der Waals surface area (Å²) in [5, 5.41) is 9.51. The van der Waals surface area contributed by atoms with E-state index in [-0.39, 0.29) is 12.8 Å². The maximum Gasteiger partial charge on any atom is 0.327 e. The van der Waals surface area contributed by atoms with Gasteiger partial charge in [0, 0.05) is 12.8 Å². The first-order valence-corrected chi connectivity index (χ1v) is 7.76. The number of carbonyl (C=O) groups excluding carboxylic acids is 2. The second-order valence-electron chi connectivity index (χ2n) is 5.62. The van der Waals surface area contributed by atoms with E-state index < -0.39 is 35.7 Å². The predicted octanol–water partition coefficient (Wildman–Crippen LogP) is 1.58. The van der Waals surface area contributed by atoms with Crippen molar-refractivity contribution in [1.82, 2.24) is 0 Å². The highest BCUT2D eigenvalue weighted by Crippen LogP contribution is 2.39. The summed E-state index contributed by atoms with van der Waals surface area (Å²) >= 11 is 0. The number of esters is 2. The molecule has 7 heteroatoms. The quantitative estimate of drug-likeness (QED) is 0.541. The van der Waals surface area contributed by atoms with Crippen LogP contribution in [0, 0.1) is 5.41 Å². The zero-order chi connectivity index (χ0) is 16.8. The van der Waals surface area contributed by atoms with Gasteiger partial charge >= 0.3 is 17.9 Å². The largest absolute Gasteiger partial charge is 0.481 e. The van der Waals surface area contributed by atoms with Crippen molar-refractivity contribution in [3.63, 3.8) is 0 Å². The lowest BCUT2D eigenvalue weighted by Crippen LogP contribution is -2.54. The molecule has 0 radical (unpaired) electrons. The number of ether oxygens (including phenoxy) is 2. The molecular weight excluding hydrogens is 290 g/mol. The van der Waals surface area contributed by atoms with Crippen LogP contribution in [0.5, 0.6) is 0 Å². The van der Waals surface area contributed by atoms with Gasteiger partial charge in [-0.15, -0.1) is 0 Å². The van der Waals surface area contributed by atoms with Gasteiger partial charge in [0.15, 0.2) is 0 Å². The van der Waals surface area contributed by atoms with Gasteiger partial charge in [0.25, 0.3) is 0 Å². The van der Waals surface area contributed by atoms with Crippen molar-refractivity contribution in [3.8, 4) is 0 Å². The van der Waals surface area contributed by atoms with Gasteiger partial charge in [0.05, 0.1) is 5.41 Å². The maximum atomic E-state index is 12.2. The van der Waals surface area contributed by atoms with Crippen LogP contribution in [0.15, 0.2) is 0 Å². The molecule has 126 valence electrons. The van der Waals surface area contributed by atoms with Crippen molar-refractivity contribution in [2.24, 2.45) is 11.1 Å². The van der Waals surface area contributed by atoms with Gasteiger partial charge in [-0.25, -0.2) is 0 Å². The van der Waals surface area contributed by atoms with E-state index in [1.54, 1.807) is 13.8 Å². The molecule has 0 aliphatic heterocycles. The number of carbonyl (C=O) groups is 3. The zero-order valence-corrected chi connectivity index (χ0v) is 13.2. The molecule has 3 N–H and O–H groups in total. The summed E-state index contributed by atoms with van der Waals surface area (Å²) in [5.74, 6) is -2.39. The highest BCUT2D eigenvalue weighted by Gasteiger charge is 2.49. The lowest BCUT2D eigenvalue weighted by atomic mass is 9.69. The monoisotopic (exact) mass is 315 g/mol. The molecule has 0 spiro atoms. The summed E-state index contributed by atoms with van der Waals surface area (Å²) in [4.78, 5) is 35.1. The third-order valence-corrected chi connectivity index (χ3v) is 4.15. The third kappa shape index (κ3) is 4.19. The van der Waals surface area contributed by atoms with Gasteiger partial charge in [-0.1, -0.05) is 33.1 Å². The van der Waals surface area contributed by atoms with E-state index in [4.69, 9.17) is 15.2 Å². The summed E-state index contributed by atoms with van der Waals surface area (Å²) in [6.45, 7) is 3.32. The average Bonchev–Trinajstić information content (AvgIpc) is 2.53. The smallest absolute Gasteiger partial charge is 0.327 e. The highest BCUT2D eigenvalue weighted by atomic mass is 16.7. The first kappa shape index (κ1) is 18.4. The Labute approximate surface area is 130 Å². The maximum absolute atomic E-state index is 12.2. The molecule has 0 bridgehead atoms. The van der Waals surface area contributed by atoms with Crippen LogP contribution in [-0.2, 0) is 23.9 Å². The first-order valence-electron chi connectivity index (χ1n) is 7.76. The molecule has 1 fully saturated rings. The SMILES string of the molecule is CCC(=O)OC(CC)OC(=O)C(N)C1(C(=O)O)CCCCC1.